The van der Waals surface area contributed by atoms with Crippen LogP contribution in [0.5, 0.6) is 0 Å². The van der Waals surface area contributed by atoms with Gasteiger partial charge in [0, 0.05) is 28.8 Å². The molecule has 2 amide bonds. The van der Waals surface area contributed by atoms with Crippen molar-refractivity contribution in [1.29, 1.82) is 0 Å². The van der Waals surface area contributed by atoms with E-state index in [1.807, 2.05) is 6.92 Å². The highest BCUT2D eigenvalue weighted by molar-refractivity contribution is 6.36. The summed E-state index contributed by atoms with van der Waals surface area (Å²) >= 11 is 12.0. The van der Waals surface area contributed by atoms with E-state index in [-0.39, 0.29) is 6.03 Å². The van der Waals surface area contributed by atoms with Crippen LogP contribution in [0.1, 0.15) is 19.4 Å². The lowest BCUT2D eigenvalue weighted by Crippen LogP contribution is -2.36. The quantitative estimate of drug-likeness (QED) is 0.839. The van der Waals surface area contributed by atoms with Crippen molar-refractivity contribution in [3.05, 3.63) is 27.7 Å². The van der Waals surface area contributed by atoms with E-state index in [2.05, 4.69) is 29.4 Å². The summed E-state index contributed by atoms with van der Waals surface area (Å²) in [7, 11) is 0. The smallest absolute Gasteiger partial charge is 0.319 e. The van der Waals surface area contributed by atoms with Crippen molar-refractivity contribution in [2.45, 2.75) is 20.8 Å². The van der Waals surface area contributed by atoms with Gasteiger partial charge in [-0.25, -0.2) is 4.79 Å². The molecule has 0 spiro atoms. The number of amides is 2. The second kappa shape index (κ2) is 8.35. The number of benzene rings is 1. The molecule has 0 bridgehead atoms. The first-order valence-corrected chi connectivity index (χ1v) is 7.46. The predicted molar refractivity (Wildman–Crippen MR) is 86.0 cm³/mol. The molecular weight excluding hydrogens is 297 g/mol. The van der Waals surface area contributed by atoms with Gasteiger partial charge in [-0.1, -0.05) is 37.0 Å². The third kappa shape index (κ3) is 5.19. The van der Waals surface area contributed by atoms with Crippen LogP contribution in [0.25, 0.3) is 0 Å². The first-order chi connectivity index (χ1) is 9.47. The first kappa shape index (κ1) is 17.1. The normalized spacial score (nSPS) is 10.7. The van der Waals surface area contributed by atoms with Crippen LogP contribution in [-0.4, -0.2) is 37.1 Å². The summed E-state index contributed by atoms with van der Waals surface area (Å²) < 4.78 is 0. The molecule has 0 saturated carbocycles. The zero-order chi connectivity index (χ0) is 15.1. The van der Waals surface area contributed by atoms with E-state index in [1.54, 1.807) is 12.1 Å². The molecular formula is C14H21Cl2N3O. The number of likely N-dealkylation sites (N-methyl/N-ethyl adjacent to an activating group) is 1. The Hall–Kier alpha value is -0.970. The molecule has 0 radical (unpaired) electrons. The topological polar surface area (TPSA) is 44.4 Å². The van der Waals surface area contributed by atoms with Crippen LogP contribution >= 0.6 is 23.2 Å². The zero-order valence-electron chi connectivity index (χ0n) is 12.1. The Labute approximate surface area is 130 Å². The number of hydrogen-bond donors (Lipinski definition) is 2. The van der Waals surface area contributed by atoms with E-state index in [1.165, 1.54) is 0 Å². The van der Waals surface area contributed by atoms with Gasteiger partial charge < -0.3 is 15.5 Å². The molecule has 0 unspecified atom stereocenters. The van der Waals surface area contributed by atoms with E-state index in [4.69, 9.17) is 23.2 Å². The number of carbonyl (C=O) groups excluding carboxylic acids is 1. The van der Waals surface area contributed by atoms with Gasteiger partial charge in [0.2, 0.25) is 0 Å². The van der Waals surface area contributed by atoms with Crippen LogP contribution in [0.2, 0.25) is 10.0 Å². The largest absolute Gasteiger partial charge is 0.337 e. The fourth-order valence-electron chi connectivity index (χ4n) is 1.76. The van der Waals surface area contributed by atoms with Gasteiger partial charge in [0.25, 0.3) is 0 Å². The van der Waals surface area contributed by atoms with Crippen LogP contribution in [0.15, 0.2) is 12.1 Å². The van der Waals surface area contributed by atoms with Crippen LogP contribution in [0, 0.1) is 6.92 Å². The fourth-order valence-corrected chi connectivity index (χ4v) is 2.25. The van der Waals surface area contributed by atoms with Gasteiger partial charge in [-0.05, 0) is 37.7 Å². The lowest BCUT2D eigenvalue weighted by molar-refractivity contribution is 0.248. The number of halogens is 2. The number of rotatable bonds is 6. The molecule has 1 aromatic rings. The summed E-state index contributed by atoms with van der Waals surface area (Å²) in [6, 6.07) is 3.12. The molecule has 0 aromatic heterocycles. The minimum absolute atomic E-state index is 0.256. The Morgan fingerprint density at radius 3 is 2.25 bits per heavy atom. The van der Waals surface area contributed by atoms with Crippen molar-refractivity contribution in [3.8, 4) is 0 Å². The summed E-state index contributed by atoms with van der Waals surface area (Å²) in [5, 5.41) is 6.60. The molecule has 2 N–H and O–H groups in total. The Morgan fingerprint density at radius 2 is 1.75 bits per heavy atom. The molecule has 20 heavy (non-hydrogen) atoms. The lowest BCUT2D eigenvalue weighted by atomic mass is 10.2. The molecule has 0 fully saturated rings. The average molecular weight is 318 g/mol. The zero-order valence-corrected chi connectivity index (χ0v) is 13.6. The minimum atomic E-state index is -0.256. The highest BCUT2D eigenvalue weighted by Crippen LogP contribution is 2.27. The maximum atomic E-state index is 11.8. The van der Waals surface area contributed by atoms with Crippen molar-refractivity contribution in [3.63, 3.8) is 0 Å². The summed E-state index contributed by atoms with van der Waals surface area (Å²) in [4.78, 5) is 14.0. The maximum Gasteiger partial charge on any atom is 0.319 e. The maximum absolute atomic E-state index is 11.8. The van der Waals surface area contributed by atoms with Crippen LogP contribution in [0.4, 0.5) is 10.5 Å². The van der Waals surface area contributed by atoms with E-state index in [0.717, 1.165) is 25.2 Å². The fraction of sp³-hybridized carbons (Fsp3) is 0.500. The molecule has 1 rings (SSSR count). The third-order valence-corrected chi connectivity index (χ3v) is 3.93. The summed E-state index contributed by atoms with van der Waals surface area (Å²) in [5.74, 6) is 0. The van der Waals surface area contributed by atoms with Gasteiger partial charge in [0.1, 0.15) is 0 Å². The molecule has 6 heteroatoms. The number of urea groups is 1. The van der Waals surface area contributed by atoms with Gasteiger partial charge >= 0.3 is 6.03 Å². The Bertz CT molecular complexity index is 439. The monoisotopic (exact) mass is 317 g/mol. The molecule has 4 nitrogen and oxygen atoms in total. The standard InChI is InChI=1S/C14H21Cl2N3O/c1-4-19(5-2)7-6-17-14(20)18-11-8-12(15)10(3)13(16)9-11/h8-9H,4-7H2,1-3H3,(H2,17,18,20). The second-order valence-electron chi connectivity index (χ2n) is 4.47. The molecule has 0 heterocycles. The highest BCUT2D eigenvalue weighted by atomic mass is 35.5. The van der Waals surface area contributed by atoms with Gasteiger partial charge in [-0.2, -0.15) is 0 Å². The number of hydrogen-bond acceptors (Lipinski definition) is 2. The number of carbonyl (C=O) groups is 1. The first-order valence-electron chi connectivity index (χ1n) is 6.70. The van der Waals surface area contributed by atoms with Crippen molar-refractivity contribution >= 4 is 34.9 Å². The van der Waals surface area contributed by atoms with Crippen LogP contribution in [-0.2, 0) is 0 Å². The lowest BCUT2D eigenvalue weighted by Gasteiger charge is -2.18. The van der Waals surface area contributed by atoms with Gasteiger partial charge in [0.05, 0.1) is 0 Å². The van der Waals surface area contributed by atoms with Gasteiger partial charge in [-0.3, -0.25) is 0 Å². The Kier molecular flexibility index (Phi) is 7.13. The number of nitrogens with zero attached hydrogens (tertiary/aromatic N) is 1. The molecule has 0 saturated heterocycles. The second-order valence-corrected chi connectivity index (χ2v) is 5.29. The average Bonchev–Trinajstić information content (AvgIpc) is 2.41. The highest BCUT2D eigenvalue weighted by Gasteiger charge is 2.07. The summed E-state index contributed by atoms with van der Waals surface area (Å²) in [6.45, 7) is 9.40. The Morgan fingerprint density at radius 1 is 1.20 bits per heavy atom. The molecule has 0 aliphatic heterocycles. The van der Waals surface area contributed by atoms with Gasteiger partial charge in [0.15, 0.2) is 0 Å². The number of anilines is 1. The van der Waals surface area contributed by atoms with Crippen LogP contribution in [0.3, 0.4) is 0 Å². The number of nitrogens with one attached hydrogen (secondary N) is 2. The molecule has 0 atom stereocenters. The third-order valence-electron chi connectivity index (χ3n) is 3.15. The molecule has 0 aliphatic carbocycles. The van der Waals surface area contributed by atoms with E-state index >= 15 is 0 Å². The summed E-state index contributed by atoms with van der Waals surface area (Å²) in [5.41, 5.74) is 1.40. The molecule has 112 valence electrons. The van der Waals surface area contributed by atoms with Crippen LogP contribution < -0.4 is 10.6 Å². The SMILES string of the molecule is CCN(CC)CCNC(=O)Nc1cc(Cl)c(C)c(Cl)c1. The molecule has 1 aromatic carbocycles. The predicted octanol–water partition coefficient (Wildman–Crippen LogP) is 3.77. The van der Waals surface area contributed by atoms with Crippen molar-refractivity contribution < 1.29 is 4.79 Å². The van der Waals surface area contributed by atoms with E-state index in [9.17, 15) is 4.79 Å². The minimum Gasteiger partial charge on any atom is -0.337 e. The van der Waals surface area contributed by atoms with Crippen molar-refractivity contribution in [2.24, 2.45) is 0 Å². The summed E-state index contributed by atoms with van der Waals surface area (Å²) in [6.07, 6.45) is 0. The Balaban J connectivity index is 2.47. The van der Waals surface area contributed by atoms with E-state index < -0.39 is 0 Å². The van der Waals surface area contributed by atoms with Crippen molar-refractivity contribution in [2.75, 3.05) is 31.5 Å². The van der Waals surface area contributed by atoms with Gasteiger partial charge in [-0.15, -0.1) is 0 Å². The van der Waals surface area contributed by atoms with E-state index in [0.29, 0.717) is 22.3 Å². The van der Waals surface area contributed by atoms with Crippen molar-refractivity contribution in [1.82, 2.24) is 10.2 Å². The molecule has 0 aliphatic rings.